The molecule has 0 aliphatic rings. The van der Waals surface area contributed by atoms with Crippen molar-refractivity contribution in [2.24, 2.45) is 0 Å². The Hall–Kier alpha value is -1.17. The number of esters is 1. The summed E-state index contributed by atoms with van der Waals surface area (Å²) in [6.07, 6.45) is -2.67. The fourth-order valence-electron chi connectivity index (χ4n) is 0.893. The summed E-state index contributed by atoms with van der Waals surface area (Å²) >= 11 is 3.14. The second-order valence-electron chi connectivity index (χ2n) is 2.73. The molecule has 0 saturated carbocycles. The monoisotopic (exact) mass is 279 g/mol. The van der Waals surface area contributed by atoms with Crippen LogP contribution in [-0.4, -0.2) is 19.0 Å². The first kappa shape index (κ1) is 11.9. The highest BCUT2D eigenvalue weighted by Crippen LogP contribution is 2.20. The van der Waals surface area contributed by atoms with E-state index in [4.69, 9.17) is 5.73 Å². The Balaban J connectivity index is 2.70. The Bertz CT molecular complexity index is 371. The molecule has 0 amide bonds. The standard InChI is InChI=1S/C9H8BrF2NO2/c10-6-2-1-5(3-7(6)13)9(14)15-4-8(11)12/h1-3,8H,4,13H2. The Morgan fingerprint density at radius 3 is 2.73 bits per heavy atom. The first-order valence-corrected chi connectivity index (χ1v) is 4.80. The van der Waals surface area contributed by atoms with Gasteiger partial charge in [-0.05, 0) is 34.1 Å². The molecule has 0 atom stereocenters. The van der Waals surface area contributed by atoms with Gasteiger partial charge < -0.3 is 10.5 Å². The summed E-state index contributed by atoms with van der Waals surface area (Å²) in [4.78, 5) is 11.2. The molecule has 0 aliphatic carbocycles. The van der Waals surface area contributed by atoms with E-state index in [1.54, 1.807) is 6.07 Å². The lowest BCUT2D eigenvalue weighted by Gasteiger charge is -2.05. The van der Waals surface area contributed by atoms with Crippen LogP contribution in [0.25, 0.3) is 0 Å². The third kappa shape index (κ3) is 3.47. The summed E-state index contributed by atoms with van der Waals surface area (Å²) in [5, 5.41) is 0. The van der Waals surface area contributed by atoms with Crippen LogP contribution in [0, 0.1) is 0 Å². The van der Waals surface area contributed by atoms with Crippen LogP contribution in [0.15, 0.2) is 22.7 Å². The van der Waals surface area contributed by atoms with Gasteiger partial charge in [0.05, 0.1) is 5.56 Å². The summed E-state index contributed by atoms with van der Waals surface area (Å²) in [5.74, 6) is -0.811. The number of carbonyl (C=O) groups is 1. The van der Waals surface area contributed by atoms with E-state index in [1.807, 2.05) is 0 Å². The molecule has 1 rings (SSSR count). The van der Waals surface area contributed by atoms with E-state index in [-0.39, 0.29) is 5.56 Å². The average molecular weight is 280 g/mol. The topological polar surface area (TPSA) is 52.3 Å². The molecule has 0 heterocycles. The average Bonchev–Trinajstić information content (AvgIpc) is 2.18. The van der Waals surface area contributed by atoms with Crippen molar-refractivity contribution in [1.29, 1.82) is 0 Å². The number of carbonyl (C=O) groups excluding carboxylic acids is 1. The van der Waals surface area contributed by atoms with E-state index < -0.39 is 19.0 Å². The SMILES string of the molecule is Nc1cc(C(=O)OCC(F)F)ccc1Br. The first-order chi connectivity index (χ1) is 7.00. The van der Waals surface area contributed by atoms with Crippen LogP contribution in [0.2, 0.25) is 0 Å². The van der Waals surface area contributed by atoms with Gasteiger partial charge in [-0.1, -0.05) is 0 Å². The van der Waals surface area contributed by atoms with Crippen LogP contribution in [-0.2, 0) is 4.74 Å². The molecule has 0 fully saturated rings. The van der Waals surface area contributed by atoms with Gasteiger partial charge in [0.2, 0.25) is 0 Å². The van der Waals surface area contributed by atoms with Crippen molar-refractivity contribution in [3.05, 3.63) is 28.2 Å². The number of alkyl halides is 2. The number of hydrogen-bond acceptors (Lipinski definition) is 3. The van der Waals surface area contributed by atoms with Crippen molar-refractivity contribution in [3.8, 4) is 0 Å². The predicted octanol–water partition coefficient (Wildman–Crippen LogP) is 2.45. The molecule has 0 bridgehead atoms. The molecule has 0 saturated heterocycles. The van der Waals surface area contributed by atoms with Gasteiger partial charge in [0, 0.05) is 10.2 Å². The van der Waals surface area contributed by atoms with E-state index in [0.717, 1.165) is 0 Å². The third-order valence-electron chi connectivity index (χ3n) is 1.57. The maximum atomic E-state index is 11.7. The van der Waals surface area contributed by atoms with Crippen LogP contribution in [0.1, 0.15) is 10.4 Å². The van der Waals surface area contributed by atoms with Gasteiger partial charge in [0.25, 0.3) is 6.43 Å². The van der Waals surface area contributed by atoms with Gasteiger partial charge in [0.15, 0.2) is 6.61 Å². The van der Waals surface area contributed by atoms with E-state index in [0.29, 0.717) is 10.2 Å². The Morgan fingerprint density at radius 1 is 1.53 bits per heavy atom. The Morgan fingerprint density at radius 2 is 2.20 bits per heavy atom. The molecule has 82 valence electrons. The van der Waals surface area contributed by atoms with Gasteiger partial charge in [-0.15, -0.1) is 0 Å². The fraction of sp³-hybridized carbons (Fsp3) is 0.222. The highest BCUT2D eigenvalue weighted by Gasteiger charge is 2.11. The Kier molecular flexibility index (Phi) is 4.02. The van der Waals surface area contributed by atoms with E-state index in [1.165, 1.54) is 12.1 Å². The molecular formula is C9H8BrF2NO2. The predicted molar refractivity (Wildman–Crippen MR) is 54.8 cm³/mol. The lowest BCUT2D eigenvalue weighted by Crippen LogP contribution is -2.11. The summed E-state index contributed by atoms with van der Waals surface area (Å²) in [6, 6.07) is 4.35. The molecular weight excluding hydrogens is 272 g/mol. The van der Waals surface area contributed by atoms with Gasteiger partial charge >= 0.3 is 5.97 Å². The van der Waals surface area contributed by atoms with Crippen molar-refractivity contribution in [2.45, 2.75) is 6.43 Å². The van der Waals surface area contributed by atoms with Crippen LogP contribution in [0.5, 0.6) is 0 Å². The first-order valence-electron chi connectivity index (χ1n) is 4.01. The third-order valence-corrected chi connectivity index (χ3v) is 2.29. The quantitative estimate of drug-likeness (QED) is 0.683. The molecule has 0 aromatic heterocycles. The highest BCUT2D eigenvalue weighted by atomic mass is 79.9. The van der Waals surface area contributed by atoms with Crippen LogP contribution in [0.3, 0.4) is 0 Å². The number of hydrogen-bond donors (Lipinski definition) is 1. The molecule has 0 spiro atoms. The second kappa shape index (κ2) is 5.06. The van der Waals surface area contributed by atoms with Crippen LogP contribution in [0.4, 0.5) is 14.5 Å². The molecule has 1 aromatic carbocycles. The van der Waals surface area contributed by atoms with Gasteiger partial charge in [-0.25, -0.2) is 13.6 Å². The summed E-state index contributed by atoms with van der Waals surface area (Å²) in [5.41, 5.74) is 6.01. The smallest absolute Gasteiger partial charge is 0.338 e. The van der Waals surface area contributed by atoms with Crippen molar-refractivity contribution >= 4 is 27.6 Å². The van der Waals surface area contributed by atoms with Gasteiger partial charge in [-0.2, -0.15) is 0 Å². The van der Waals surface area contributed by atoms with Crippen molar-refractivity contribution in [1.82, 2.24) is 0 Å². The molecule has 2 N–H and O–H groups in total. The lowest BCUT2D eigenvalue weighted by atomic mass is 10.2. The molecule has 0 aliphatic heterocycles. The van der Waals surface area contributed by atoms with E-state index in [9.17, 15) is 13.6 Å². The van der Waals surface area contributed by atoms with Gasteiger partial charge in [-0.3, -0.25) is 0 Å². The summed E-state index contributed by atoms with van der Waals surface area (Å²) in [7, 11) is 0. The number of halogens is 3. The normalized spacial score (nSPS) is 10.4. The van der Waals surface area contributed by atoms with Gasteiger partial charge in [0.1, 0.15) is 0 Å². The fourth-order valence-corrected chi connectivity index (χ4v) is 1.14. The zero-order valence-corrected chi connectivity index (χ0v) is 9.13. The van der Waals surface area contributed by atoms with E-state index in [2.05, 4.69) is 20.7 Å². The lowest BCUT2D eigenvalue weighted by molar-refractivity contribution is 0.0160. The number of rotatable bonds is 3. The molecule has 0 unspecified atom stereocenters. The van der Waals surface area contributed by atoms with Crippen molar-refractivity contribution in [3.63, 3.8) is 0 Å². The Labute approximate surface area is 93.3 Å². The zero-order valence-electron chi connectivity index (χ0n) is 7.54. The number of benzene rings is 1. The highest BCUT2D eigenvalue weighted by molar-refractivity contribution is 9.10. The largest absolute Gasteiger partial charge is 0.456 e. The minimum Gasteiger partial charge on any atom is -0.456 e. The number of nitrogen functional groups attached to an aromatic ring is 1. The molecule has 3 nitrogen and oxygen atoms in total. The maximum Gasteiger partial charge on any atom is 0.338 e. The number of ether oxygens (including phenoxy) is 1. The molecule has 0 radical (unpaired) electrons. The minimum absolute atomic E-state index is 0.149. The van der Waals surface area contributed by atoms with Crippen molar-refractivity contribution < 1.29 is 18.3 Å². The van der Waals surface area contributed by atoms with Crippen LogP contribution < -0.4 is 5.73 Å². The van der Waals surface area contributed by atoms with E-state index >= 15 is 0 Å². The molecule has 1 aromatic rings. The number of nitrogens with two attached hydrogens (primary N) is 1. The molecule has 15 heavy (non-hydrogen) atoms. The van der Waals surface area contributed by atoms with Crippen LogP contribution >= 0.6 is 15.9 Å². The minimum atomic E-state index is -2.67. The second-order valence-corrected chi connectivity index (χ2v) is 3.58. The maximum absolute atomic E-state index is 11.7. The zero-order chi connectivity index (χ0) is 11.4. The molecule has 6 heteroatoms. The van der Waals surface area contributed by atoms with Crippen molar-refractivity contribution in [2.75, 3.05) is 12.3 Å². The number of anilines is 1. The summed E-state index contributed by atoms with van der Waals surface area (Å²) in [6.45, 7) is -0.908. The summed E-state index contributed by atoms with van der Waals surface area (Å²) < 4.78 is 28.4.